The second-order valence-corrected chi connectivity index (χ2v) is 12.8. The van der Waals surface area contributed by atoms with Crippen LogP contribution in [0.3, 0.4) is 0 Å². The Hall–Kier alpha value is -3.04. The molecule has 0 aliphatic carbocycles. The van der Waals surface area contributed by atoms with Crippen molar-refractivity contribution < 1.29 is 5.11 Å². The van der Waals surface area contributed by atoms with Crippen LogP contribution in [0.15, 0.2) is 60.0 Å². The first kappa shape index (κ1) is 23.7. The summed E-state index contributed by atoms with van der Waals surface area (Å²) in [6.07, 6.45) is 0. The highest BCUT2D eigenvalue weighted by Crippen LogP contribution is 2.45. The number of nitrogens with zero attached hydrogens (tertiary/aromatic N) is 1. The number of aryl methyl sites for hydroxylation is 2. The fraction of sp³-hybridized carbons (Fsp3) is 0.312. The van der Waals surface area contributed by atoms with Crippen molar-refractivity contribution in [1.29, 1.82) is 0 Å². The Morgan fingerprint density at radius 2 is 1.26 bits per heavy atom. The summed E-state index contributed by atoms with van der Waals surface area (Å²) in [4.78, 5) is 0.925. The van der Waals surface area contributed by atoms with Crippen LogP contribution in [0.2, 0.25) is 0 Å². The Kier molecular flexibility index (Phi) is 5.41. The van der Waals surface area contributed by atoms with Crippen LogP contribution in [0.1, 0.15) is 63.8 Å². The molecule has 0 amide bonds. The van der Waals surface area contributed by atoms with Crippen molar-refractivity contribution in [1.82, 2.24) is 4.57 Å². The van der Waals surface area contributed by atoms with Gasteiger partial charge in [-0.3, -0.25) is 0 Å². The van der Waals surface area contributed by atoms with E-state index in [4.69, 9.17) is 0 Å². The fourth-order valence-corrected chi connectivity index (χ4v) is 5.90. The lowest BCUT2D eigenvalue weighted by molar-refractivity contribution is 0.477. The summed E-state index contributed by atoms with van der Waals surface area (Å²) in [6, 6.07) is 20.0. The molecule has 0 unspecified atom stereocenters. The van der Waals surface area contributed by atoms with Crippen molar-refractivity contribution in [2.75, 3.05) is 0 Å². The fourth-order valence-electron chi connectivity index (χ4n) is 4.89. The van der Waals surface area contributed by atoms with E-state index in [1.54, 1.807) is 11.3 Å². The molecule has 0 saturated carbocycles. The standard InChI is InChI=1S/C32H35NOS/c1-19-9-10-20(2)23(15-19)30-29(34)28(18-35-30)33-26-13-11-21(31(3,4)5)16-24(26)25-17-22(32(6,7)8)12-14-27(25)33/h9-18,34H,1-8H3. The van der Waals surface area contributed by atoms with Crippen molar-refractivity contribution in [2.45, 2.75) is 66.2 Å². The van der Waals surface area contributed by atoms with Crippen LogP contribution in [-0.4, -0.2) is 9.67 Å². The molecule has 0 spiro atoms. The number of hydrogen-bond donors (Lipinski definition) is 1. The van der Waals surface area contributed by atoms with Gasteiger partial charge in [0.2, 0.25) is 0 Å². The minimum Gasteiger partial charge on any atom is -0.504 e. The van der Waals surface area contributed by atoms with Gasteiger partial charge in [-0.25, -0.2) is 0 Å². The predicted octanol–water partition coefficient (Wildman–Crippen LogP) is 9.43. The lowest BCUT2D eigenvalue weighted by Crippen LogP contribution is -2.10. The van der Waals surface area contributed by atoms with Gasteiger partial charge in [-0.05, 0) is 71.2 Å². The van der Waals surface area contributed by atoms with E-state index >= 15 is 0 Å². The van der Waals surface area contributed by atoms with Gasteiger partial charge < -0.3 is 9.67 Å². The molecule has 0 saturated heterocycles. The molecule has 5 rings (SSSR count). The molecular weight excluding hydrogens is 446 g/mol. The SMILES string of the molecule is Cc1ccc(C)c(-c2scc(-n3c4ccc(C(C)(C)C)cc4c4cc(C(C)(C)C)ccc43)c2O)c1. The number of benzene rings is 3. The second kappa shape index (κ2) is 7.99. The normalized spacial score (nSPS) is 12.7. The first-order chi connectivity index (χ1) is 16.4. The summed E-state index contributed by atoms with van der Waals surface area (Å²) in [7, 11) is 0. The van der Waals surface area contributed by atoms with Gasteiger partial charge in [0.05, 0.1) is 21.6 Å². The van der Waals surface area contributed by atoms with E-state index in [1.807, 2.05) is 0 Å². The first-order valence-corrected chi connectivity index (χ1v) is 13.2. The molecule has 35 heavy (non-hydrogen) atoms. The highest BCUT2D eigenvalue weighted by Gasteiger charge is 2.23. The lowest BCUT2D eigenvalue weighted by atomic mass is 9.85. The first-order valence-electron chi connectivity index (χ1n) is 12.3. The van der Waals surface area contributed by atoms with Crippen LogP contribution in [0.5, 0.6) is 5.75 Å². The van der Waals surface area contributed by atoms with E-state index in [0.29, 0.717) is 5.75 Å². The summed E-state index contributed by atoms with van der Waals surface area (Å²) in [6.45, 7) is 17.8. The number of aromatic hydroxyl groups is 1. The third kappa shape index (κ3) is 3.96. The quantitative estimate of drug-likeness (QED) is 0.267. The molecule has 3 heteroatoms. The highest BCUT2D eigenvalue weighted by atomic mass is 32.1. The Morgan fingerprint density at radius 3 is 1.77 bits per heavy atom. The molecule has 0 bridgehead atoms. The van der Waals surface area contributed by atoms with Crippen LogP contribution < -0.4 is 0 Å². The summed E-state index contributed by atoms with van der Waals surface area (Å²) in [5, 5.41) is 16.1. The van der Waals surface area contributed by atoms with Gasteiger partial charge in [0.15, 0.2) is 5.75 Å². The molecule has 0 aliphatic rings. The Bertz CT molecular complexity index is 1510. The Balaban J connectivity index is 1.83. The molecular formula is C32H35NOS. The molecule has 180 valence electrons. The summed E-state index contributed by atoms with van der Waals surface area (Å²) in [5.41, 5.74) is 9.32. The smallest absolute Gasteiger partial charge is 0.158 e. The minimum absolute atomic E-state index is 0.0602. The number of hydrogen-bond acceptors (Lipinski definition) is 2. The second-order valence-electron chi connectivity index (χ2n) is 11.9. The zero-order valence-electron chi connectivity index (χ0n) is 22.1. The van der Waals surface area contributed by atoms with E-state index in [-0.39, 0.29) is 10.8 Å². The molecule has 2 aromatic heterocycles. The Labute approximate surface area is 212 Å². The van der Waals surface area contributed by atoms with Crippen LogP contribution in [0.25, 0.3) is 37.9 Å². The summed E-state index contributed by atoms with van der Waals surface area (Å²) < 4.78 is 2.24. The topological polar surface area (TPSA) is 25.2 Å². The summed E-state index contributed by atoms with van der Waals surface area (Å²) >= 11 is 1.61. The number of fused-ring (bicyclic) bond motifs is 3. The van der Waals surface area contributed by atoms with Crippen LogP contribution in [0.4, 0.5) is 0 Å². The van der Waals surface area contributed by atoms with E-state index in [1.165, 1.54) is 33.0 Å². The largest absolute Gasteiger partial charge is 0.504 e. The number of aromatic nitrogens is 1. The van der Waals surface area contributed by atoms with E-state index in [9.17, 15) is 5.11 Å². The van der Waals surface area contributed by atoms with E-state index in [2.05, 4.69) is 120 Å². The highest BCUT2D eigenvalue weighted by molar-refractivity contribution is 7.14. The van der Waals surface area contributed by atoms with Crippen molar-refractivity contribution in [3.8, 4) is 21.9 Å². The molecule has 2 nitrogen and oxygen atoms in total. The zero-order chi connectivity index (χ0) is 25.3. The molecule has 5 aromatic rings. The third-order valence-electron chi connectivity index (χ3n) is 7.12. The van der Waals surface area contributed by atoms with Gasteiger partial charge in [0, 0.05) is 16.2 Å². The van der Waals surface area contributed by atoms with Crippen LogP contribution in [0, 0.1) is 13.8 Å². The molecule has 1 N–H and O–H groups in total. The molecule has 2 heterocycles. The van der Waals surface area contributed by atoms with E-state index < -0.39 is 0 Å². The van der Waals surface area contributed by atoms with Crippen LogP contribution in [-0.2, 0) is 10.8 Å². The lowest BCUT2D eigenvalue weighted by Gasteiger charge is -2.19. The Morgan fingerprint density at radius 1 is 0.714 bits per heavy atom. The van der Waals surface area contributed by atoms with Gasteiger partial charge >= 0.3 is 0 Å². The van der Waals surface area contributed by atoms with Crippen molar-refractivity contribution >= 4 is 33.1 Å². The molecule has 0 fully saturated rings. The van der Waals surface area contributed by atoms with Crippen molar-refractivity contribution in [3.63, 3.8) is 0 Å². The van der Waals surface area contributed by atoms with Gasteiger partial charge in [0.1, 0.15) is 0 Å². The maximum Gasteiger partial charge on any atom is 0.158 e. The maximum absolute atomic E-state index is 11.5. The molecule has 0 aliphatic heterocycles. The van der Waals surface area contributed by atoms with Crippen molar-refractivity contribution in [2.24, 2.45) is 0 Å². The van der Waals surface area contributed by atoms with E-state index in [0.717, 1.165) is 27.2 Å². The average Bonchev–Trinajstić information content (AvgIpc) is 3.30. The predicted molar refractivity (Wildman–Crippen MR) is 153 cm³/mol. The van der Waals surface area contributed by atoms with Gasteiger partial charge in [-0.15, -0.1) is 11.3 Å². The zero-order valence-corrected chi connectivity index (χ0v) is 22.9. The molecule has 3 aromatic carbocycles. The number of rotatable bonds is 2. The maximum atomic E-state index is 11.5. The monoisotopic (exact) mass is 481 g/mol. The van der Waals surface area contributed by atoms with Gasteiger partial charge in [-0.2, -0.15) is 0 Å². The summed E-state index contributed by atoms with van der Waals surface area (Å²) in [5.74, 6) is 0.349. The van der Waals surface area contributed by atoms with Gasteiger partial charge in [-0.1, -0.05) is 77.4 Å². The minimum atomic E-state index is 0.0602. The number of thiophene rings is 1. The molecule has 0 radical (unpaired) electrons. The molecule has 0 atom stereocenters. The van der Waals surface area contributed by atoms with Crippen LogP contribution >= 0.6 is 11.3 Å². The average molecular weight is 482 g/mol. The van der Waals surface area contributed by atoms with Crippen molar-refractivity contribution in [3.05, 3.63) is 82.2 Å². The third-order valence-corrected chi connectivity index (χ3v) is 8.11. The van der Waals surface area contributed by atoms with Gasteiger partial charge in [0.25, 0.3) is 0 Å².